The normalized spacial score (nSPS) is 15.0. The van der Waals surface area contributed by atoms with Crippen LogP contribution in [0.25, 0.3) is 0 Å². The number of halogens is 1. The van der Waals surface area contributed by atoms with Crippen LogP contribution in [-0.4, -0.2) is 30.4 Å². The van der Waals surface area contributed by atoms with Crippen LogP contribution < -0.4 is 5.32 Å². The molecular weight excluding hydrogens is 236 g/mol. The Kier molecular flexibility index (Phi) is 4.02. The Labute approximate surface area is 107 Å². The van der Waals surface area contributed by atoms with E-state index in [-0.39, 0.29) is 5.91 Å². The number of rotatable bonds is 5. The molecule has 4 heteroatoms. The number of benzene rings is 1. The average Bonchev–Trinajstić information content (AvgIpc) is 3.00. The predicted octanol–water partition coefficient (Wildman–Crippen LogP) is 2.05. The van der Waals surface area contributed by atoms with Gasteiger partial charge in [-0.3, -0.25) is 9.69 Å². The van der Waals surface area contributed by atoms with Crippen molar-refractivity contribution in [1.29, 1.82) is 0 Å². The Morgan fingerprint density at radius 1 is 1.53 bits per heavy atom. The first-order valence-corrected chi connectivity index (χ1v) is 6.23. The van der Waals surface area contributed by atoms with E-state index >= 15 is 0 Å². The molecule has 1 aromatic rings. The van der Waals surface area contributed by atoms with Gasteiger partial charge in [0.1, 0.15) is 0 Å². The van der Waals surface area contributed by atoms with Crippen molar-refractivity contribution in [1.82, 2.24) is 10.2 Å². The Bertz CT molecular complexity index is 404. The van der Waals surface area contributed by atoms with E-state index in [2.05, 4.69) is 5.32 Å². The van der Waals surface area contributed by atoms with Gasteiger partial charge in [-0.2, -0.15) is 0 Å². The molecule has 0 radical (unpaired) electrons. The second kappa shape index (κ2) is 5.52. The summed E-state index contributed by atoms with van der Waals surface area (Å²) in [5, 5.41) is 3.71. The van der Waals surface area contributed by atoms with Gasteiger partial charge in [-0.05, 0) is 37.6 Å². The van der Waals surface area contributed by atoms with Crippen LogP contribution in [0, 0.1) is 0 Å². The zero-order valence-electron chi connectivity index (χ0n) is 9.95. The van der Waals surface area contributed by atoms with Crippen molar-refractivity contribution in [2.24, 2.45) is 0 Å². The number of nitrogens with one attached hydrogen (secondary N) is 1. The largest absolute Gasteiger partial charge is 0.352 e. The van der Waals surface area contributed by atoms with Gasteiger partial charge >= 0.3 is 0 Å². The van der Waals surface area contributed by atoms with E-state index in [0.717, 1.165) is 30.0 Å². The highest BCUT2D eigenvalue weighted by molar-refractivity contribution is 6.30. The number of nitrogens with zero attached hydrogens (tertiary/aromatic N) is 1. The van der Waals surface area contributed by atoms with Gasteiger partial charge in [0.25, 0.3) is 0 Å². The summed E-state index contributed by atoms with van der Waals surface area (Å²) < 4.78 is 0. The molecule has 3 nitrogen and oxygen atoms in total. The fourth-order valence-electron chi connectivity index (χ4n) is 1.75. The molecule has 0 saturated heterocycles. The maximum Gasteiger partial charge on any atom is 0.234 e. The highest BCUT2D eigenvalue weighted by atomic mass is 35.5. The molecular formula is C13H17ClN2O. The topological polar surface area (TPSA) is 32.3 Å². The van der Waals surface area contributed by atoms with Crippen molar-refractivity contribution in [2.75, 3.05) is 13.6 Å². The second-order valence-electron chi connectivity index (χ2n) is 4.64. The molecule has 2 rings (SSSR count). The molecule has 1 saturated carbocycles. The Morgan fingerprint density at radius 3 is 2.94 bits per heavy atom. The van der Waals surface area contributed by atoms with E-state index in [1.807, 2.05) is 36.2 Å². The van der Waals surface area contributed by atoms with Gasteiger partial charge in [-0.15, -0.1) is 0 Å². The molecule has 1 aliphatic rings. The van der Waals surface area contributed by atoms with Crippen molar-refractivity contribution in [2.45, 2.75) is 25.4 Å². The quantitative estimate of drug-likeness (QED) is 0.870. The van der Waals surface area contributed by atoms with Crippen molar-refractivity contribution in [3.05, 3.63) is 34.9 Å². The second-order valence-corrected chi connectivity index (χ2v) is 5.08. The summed E-state index contributed by atoms with van der Waals surface area (Å²) in [5.41, 5.74) is 1.12. The van der Waals surface area contributed by atoms with Gasteiger partial charge in [-0.1, -0.05) is 23.7 Å². The highest BCUT2D eigenvalue weighted by Gasteiger charge is 2.23. The molecule has 0 unspecified atom stereocenters. The summed E-state index contributed by atoms with van der Waals surface area (Å²) in [6, 6.07) is 8.15. The first kappa shape index (κ1) is 12.4. The van der Waals surface area contributed by atoms with E-state index in [4.69, 9.17) is 11.6 Å². The lowest BCUT2D eigenvalue weighted by Crippen LogP contribution is -2.35. The van der Waals surface area contributed by atoms with Crippen molar-refractivity contribution in [3.8, 4) is 0 Å². The molecule has 1 aliphatic carbocycles. The SMILES string of the molecule is CN(CC(=O)NC1CC1)Cc1cccc(Cl)c1. The molecule has 0 aliphatic heterocycles. The summed E-state index contributed by atoms with van der Waals surface area (Å²) in [6.45, 7) is 1.17. The molecule has 1 N–H and O–H groups in total. The summed E-state index contributed by atoms with van der Waals surface area (Å²) in [5.74, 6) is 0.108. The van der Waals surface area contributed by atoms with Gasteiger partial charge < -0.3 is 5.32 Å². The van der Waals surface area contributed by atoms with Crippen molar-refractivity contribution >= 4 is 17.5 Å². The number of carbonyl (C=O) groups is 1. The van der Waals surface area contributed by atoms with Crippen LogP contribution in [0.15, 0.2) is 24.3 Å². The highest BCUT2D eigenvalue weighted by Crippen LogP contribution is 2.18. The van der Waals surface area contributed by atoms with Crippen LogP contribution in [0.1, 0.15) is 18.4 Å². The third kappa shape index (κ3) is 4.36. The lowest BCUT2D eigenvalue weighted by molar-refractivity contribution is -0.122. The molecule has 1 amide bonds. The Hall–Kier alpha value is -1.06. The summed E-state index contributed by atoms with van der Waals surface area (Å²) in [4.78, 5) is 13.6. The molecule has 1 fully saturated rings. The first-order chi connectivity index (χ1) is 8.13. The monoisotopic (exact) mass is 252 g/mol. The average molecular weight is 253 g/mol. The number of hydrogen-bond acceptors (Lipinski definition) is 2. The Balaban J connectivity index is 1.79. The number of likely N-dealkylation sites (N-methyl/N-ethyl adjacent to an activating group) is 1. The minimum absolute atomic E-state index is 0.108. The zero-order chi connectivity index (χ0) is 12.3. The maximum atomic E-state index is 11.6. The number of hydrogen-bond donors (Lipinski definition) is 1. The first-order valence-electron chi connectivity index (χ1n) is 5.86. The van der Waals surface area contributed by atoms with Crippen LogP contribution in [0.5, 0.6) is 0 Å². The van der Waals surface area contributed by atoms with Crippen LogP contribution in [0.2, 0.25) is 5.02 Å². The molecule has 92 valence electrons. The molecule has 0 heterocycles. The summed E-state index contributed by atoms with van der Waals surface area (Å²) in [7, 11) is 1.94. The van der Waals surface area contributed by atoms with Crippen LogP contribution in [0.3, 0.4) is 0 Å². The van der Waals surface area contributed by atoms with Crippen LogP contribution in [0.4, 0.5) is 0 Å². The van der Waals surface area contributed by atoms with E-state index in [1.165, 1.54) is 0 Å². The Morgan fingerprint density at radius 2 is 2.29 bits per heavy atom. The minimum Gasteiger partial charge on any atom is -0.352 e. The van der Waals surface area contributed by atoms with E-state index in [1.54, 1.807) is 0 Å². The number of amides is 1. The third-order valence-electron chi connectivity index (χ3n) is 2.70. The van der Waals surface area contributed by atoms with Crippen LogP contribution >= 0.6 is 11.6 Å². The predicted molar refractivity (Wildman–Crippen MR) is 69.0 cm³/mol. The van der Waals surface area contributed by atoms with Gasteiger partial charge in [0.05, 0.1) is 6.54 Å². The fourth-order valence-corrected chi connectivity index (χ4v) is 1.96. The van der Waals surface area contributed by atoms with Crippen molar-refractivity contribution in [3.63, 3.8) is 0 Å². The molecule has 0 aromatic heterocycles. The van der Waals surface area contributed by atoms with Crippen LogP contribution in [-0.2, 0) is 11.3 Å². The molecule has 0 atom stereocenters. The van der Waals surface area contributed by atoms with E-state index in [0.29, 0.717) is 12.6 Å². The van der Waals surface area contributed by atoms with Gasteiger partial charge in [0.15, 0.2) is 0 Å². The number of carbonyl (C=O) groups excluding carboxylic acids is 1. The van der Waals surface area contributed by atoms with Crippen molar-refractivity contribution < 1.29 is 4.79 Å². The maximum absolute atomic E-state index is 11.6. The third-order valence-corrected chi connectivity index (χ3v) is 2.93. The standard InChI is InChI=1S/C13H17ClN2O/c1-16(9-13(17)15-12-5-6-12)8-10-3-2-4-11(14)7-10/h2-4,7,12H,5-6,8-9H2,1H3,(H,15,17). The lowest BCUT2D eigenvalue weighted by atomic mass is 10.2. The molecule has 17 heavy (non-hydrogen) atoms. The lowest BCUT2D eigenvalue weighted by Gasteiger charge is -2.16. The smallest absolute Gasteiger partial charge is 0.234 e. The zero-order valence-corrected chi connectivity index (χ0v) is 10.7. The van der Waals surface area contributed by atoms with E-state index < -0.39 is 0 Å². The molecule has 1 aromatic carbocycles. The summed E-state index contributed by atoms with van der Waals surface area (Å²) in [6.07, 6.45) is 2.26. The van der Waals surface area contributed by atoms with E-state index in [9.17, 15) is 4.79 Å². The molecule has 0 spiro atoms. The molecule has 0 bridgehead atoms. The summed E-state index contributed by atoms with van der Waals surface area (Å²) >= 11 is 5.91. The fraction of sp³-hybridized carbons (Fsp3) is 0.462. The van der Waals surface area contributed by atoms with Gasteiger partial charge in [0, 0.05) is 17.6 Å². The van der Waals surface area contributed by atoms with Gasteiger partial charge in [0.2, 0.25) is 5.91 Å². The van der Waals surface area contributed by atoms with Gasteiger partial charge in [-0.25, -0.2) is 0 Å². The minimum atomic E-state index is 0.108.